The van der Waals surface area contributed by atoms with Gasteiger partial charge in [-0.2, -0.15) is 10.2 Å². The Hall–Kier alpha value is -1.62. The fourth-order valence-electron chi connectivity index (χ4n) is 2.27. The monoisotopic (exact) mass is 262 g/mol. The summed E-state index contributed by atoms with van der Waals surface area (Å²) >= 11 is 0. The molecule has 2 heterocycles. The zero-order valence-electron chi connectivity index (χ0n) is 12.1. The molecule has 0 spiro atoms. The number of aryl methyl sites for hydroxylation is 4. The molecule has 0 aliphatic rings. The summed E-state index contributed by atoms with van der Waals surface area (Å²) < 4.78 is 3.61. The third-order valence-corrected chi connectivity index (χ3v) is 3.46. The number of aliphatic hydroxyl groups excluding tert-OH is 1. The smallest absolute Gasteiger partial charge is 0.101 e. The molecule has 0 saturated heterocycles. The predicted molar refractivity (Wildman–Crippen MR) is 73.8 cm³/mol. The molecule has 0 fully saturated rings. The van der Waals surface area contributed by atoms with Crippen molar-refractivity contribution in [2.45, 2.75) is 39.2 Å². The third kappa shape index (κ3) is 2.87. The molecule has 5 nitrogen and oxygen atoms in total. The Kier molecular flexibility index (Phi) is 4.04. The molecule has 5 heteroatoms. The lowest BCUT2D eigenvalue weighted by Crippen LogP contribution is -2.10. The van der Waals surface area contributed by atoms with Gasteiger partial charge in [0.15, 0.2) is 0 Å². The summed E-state index contributed by atoms with van der Waals surface area (Å²) in [6, 6.07) is 4.03. The van der Waals surface area contributed by atoms with Gasteiger partial charge in [0.05, 0.1) is 17.1 Å². The fraction of sp³-hybridized carbons (Fsp3) is 0.571. The maximum absolute atomic E-state index is 10.4. The van der Waals surface area contributed by atoms with Crippen LogP contribution in [0.1, 0.15) is 42.7 Å². The molecule has 0 aromatic carbocycles. The van der Waals surface area contributed by atoms with Crippen LogP contribution in [0.3, 0.4) is 0 Å². The highest BCUT2D eigenvalue weighted by Gasteiger charge is 2.16. The predicted octanol–water partition coefficient (Wildman–Crippen LogP) is 1.55. The molecule has 0 aliphatic carbocycles. The molecule has 0 saturated carbocycles. The van der Waals surface area contributed by atoms with Gasteiger partial charge in [-0.3, -0.25) is 9.36 Å². The minimum Gasteiger partial charge on any atom is -0.386 e. The Labute approximate surface area is 113 Å². The van der Waals surface area contributed by atoms with Gasteiger partial charge in [0, 0.05) is 26.2 Å². The molecule has 0 radical (unpaired) electrons. The van der Waals surface area contributed by atoms with Gasteiger partial charge >= 0.3 is 0 Å². The van der Waals surface area contributed by atoms with Crippen LogP contribution >= 0.6 is 0 Å². The molecule has 1 atom stereocenters. The number of nitrogens with zero attached hydrogens (tertiary/aromatic N) is 4. The molecule has 0 bridgehead atoms. The molecule has 1 unspecified atom stereocenters. The van der Waals surface area contributed by atoms with Gasteiger partial charge in [0.1, 0.15) is 6.10 Å². The molecular weight excluding hydrogens is 240 g/mol. The second-order valence-corrected chi connectivity index (χ2v) is 4.86. The lowest BCUT2D eigenvalue weighted by molar-refractivity contribution is 0.166. The van der Waals surface area contributed by atoms with Crippen LogP contribution in [-0.4, -0.2) is 24.7 Å². The van der Waals surface area contributed by atoms with E-state index in [1.807, 2.05) is 24.8 Å². The van der Waals surface area contributed by atoms with Gasteiger partial charge in [0.25, 0.3) is 0 Å². The van der Waals surface area contributed by atoms with Crippen LogP contribution in [0, 0.1) is 0 Å². The molecular formula is C14H22N4O. The summed E-state index contributed by atoms with van der Waals surface area (Å²) in [6.45, 7) is 4.14. The zero-order chi connectivity index (χ0) is 14.0. The number of hydrogen-bond acceptors (Lipinski definition) is 3. The van der Waals surface area contributed by atoms with Crippen LogP contribution in [0.15, 0.2) is 12.1 Å². The molecule has 2 aromatic heterocycles. The van der Waals surface area contributed by atoms with Crippen LogP contribution in [0.25, 0.3) is 0 Å². The van der Waals surface area contributed by atoms with Crippen molar-refractivity contribution >= 4 is 0 Å². The Bertz CT molecular complexity index is 556. The average Bonchev–Trinajstić information content (AvgIpc) is 2.93. The minimum absolute atomic E-state index is 0.544. The molecule has 2 aromatic rings. The van der Waals surface area contributed by atoms with E-state index in [1.54, 1.807) is 4.68 Å². The topological polar surface area (TPSA) is 55.9 Å². The average molecular weight is 262 g/mol. The number of aliphatic hydroxyl groups is 1. The standard InChI is InChI=1S/C14H22N4O/c1-5-10-7-12(17(3)15-10)9-14(19)13-8-11(6-2)16-18(13)4/h7-8,14,19H,5-6,9H2,1-4H3. The van der Waals surface area contributed by atoms with E-state index >= 15 is 0 Å². The van der Waals surface area contributed by atoms with E-state index in [1.165, 1.54) is 0 Å². The maximum Gasteiger partial charge on any atom is 0.101 e. The van der Waals surface area contributed by atoms with Gasteiger partial charge in [0.2, 0.25) is 0 Å². The summed E-state index contributed by atoms with van der Waals surface area (Å²) in [5.74, 6) is 0. The van der Waals surface area contributed by atoms with Gasteiger partial charge < -0.3 is 5.11 Å². The summed E-state index contributed by atoms with van der Waals surface area (Å²) in [6.07, 6.45) is 1.81. The van der Waals surface area contributed by atoms with Gasteiger partial charge in [-0.05, 0) is 25.0 Å². The van der Waals surface area contributed by atoms with Gasteiger partial charge in [-0.15, -0.1) is 0 Å². The van der Waals surface area contributed by atoms with E-state index in [9.17, 15) is 5.11 Å². The van der Waals surface area contributed by atoms with E-state index in [0.29, 0.717) is 6.42 Å². The molecule has 19 heavy (non-hydrogen) atoms. The number of rotatable bonds is 5. The molecule has 104 valence electrons. The Balaban J connectivity index is 2.17. The molecule has 0 amide bonds. The first kappa shape index (κ1) is 13.8. The number of hydrogen-bond donors (Lipinski definition) is 1. The van der Waals surface area contributed by atoms with Crippen molar-refractivity contribution in [2.75, 3.05) is 0 Å². The second kappa shape index (κ2) is 5.57. The number of aromatic nitrogens is 4. The highest BCUT2D eigenvalue weighted by molar-refractivity contribution is 5.17. The molecule has 1 N–H and O–H groups in total. The van der Waals surface area contributed by atoms with E-state index < -0.39 is 6.10 Å². The Morgan fingerprint density at radius 2 is 1.63 bits per heavy atom. The maximum atomic E-state index is 10.4. The minimum atomic E-state index is -0.544. The summed E-state index contributed by atoms with van der Waals surface area (Å²) in [5.41, 5.74) is 3.97. The van der Waals surface area contributed by atoms with Crippen molar-refractivity contribution in [3.8, 4) is 0 Å². The van der Waals surface area contributed by atoms with Crippen molar-refractivity contribution in [1.82, 2.24) is 19.6 Å². The van der Waals surface area contributed by atoms with Crippen molar-refractivity contribution in [2.24, 2.45) is 14.1 Å². The van der Waals surface area contributed by atoms with Crippen LogP contribution < -0.4 is 0 Å². The van der Waals surface area contributed by atoms with Crippen molar-refractivity contribution in [3.05, 3.63) is 34.9 Å². The summed E-state index contributed by atoms with van der Waals surface area (Å²) in [4.78, 5) is 0. The highest BCUT2D eigenvalue weighted by atomic mass is 16.3. The Morgan fingerprint density at radius 3 is 2.16 bits per heavy atom. The van der Waals surface area contributed by atoms with Crippen molar-refractivity contribution in [3.63, 3.8) is 0 Å². The first-order chi connectivity index (χ1) is 9.05. The largest absolute Gasteiger partial charge is 0.386 e. The van der Waals surface area contributed by atoms with E-state index in [-0.39, 0.29) is 0 Å². The summed E-state index contributed by atoms with van der Waals surface area (Å²) in [7, 11) is 3.79. The van der Waals surface area contributed by atoms with Gasteiger partial charge in [-0.1, -0.05) is 13.8 Å². The lowest BCUT2D eigenvalue weighted by Gasteiger charge is -2.10. The molecule has 0 aliphatic heterocycles. The SMILES string of the molecule is CCc1cc(CC(O)c2cc(CC)nn2C)n(C)n1. The highest BCUT2D eigenvalue weighted by Crippen LogP contribution is 2.19. The first-order valence-electron chi connectivity index (χ1n) is 6.77. The summed E-state index contributed by atoms with van der Waals surface area (Å²) in [5, 5.41) is 19.1. The Morgan fingerprint density at radius 1 is 1.05 bits per heavy atom. The van der Waals surface area contributed by atoms with Crippen LogP contribution in [0.4, 0.5) is 0 Å². The van der Waals surface area contributed by atoms with Crippen LogP contribution in [-0.2, 0) is 33.4 Å². The van der Waals surface area contributed by atoms with Crippen molar-refractivity contribution < 1.29 is 5.11 Å². The van der Waals surface area contributed by atoms with Crippen LogP contribution in [0.2, 0.25) is 0 Å². The third-order valence-electron chi connectivity index (χ3n) is 3.46. The van der Waals surface area contributed by atoms with Crippen LogP contribution in [0.5, 0.6) is 0 Å². The first-order valence-corrected chi connectivity index (χ1v) is 6.77. The zero-order valence-corrected chi connectivity index (χ0v) is 12.1. The van der Waals surface area contributed by atoms with Crippen molar-refractivity contribution in [1.29, 1.82) is 0 Å². The van der Waals surface area contributed by atoms with Gasteiger partial charge in [-0.25, -0.2) is 0 Å². The van der Waals surface area contributed by atoms with E-state index in [0.717, 1.165) is 35.6 Å². The fourth-order valence-corrected chi connectivity index (χ4v) is 2.27. The molecule has 2 rings (SSSR count). The second-order valence-electron chi connectivity index (χ2n) is 4.86. The van der Waals surface area contributed by atoms with E-state index in [2.05, 4.69) is 30.1 Å². The lowest BCUT2D eigenvalue weighted by atomic mass is 10.1. The quantitative estimate of drug-likeness (QED) is 0.889. The van der Waals surface area contributed by atoms with E-state index in [4.69, 9.17) is 0 Å². The normalized spacial score (nSPS) is 12.9.